The quantitative estimate of drug-likeness (QED) is 0.386. The normalized spacial score (nSPS) is 11.0. The first-order valence-corrected chi connectivity index (χ1v) is 8.89. The molecule has 3 aromatic carbocycles. The van der Waals surface area contributed by atoms with Crippen molar-refractivity contribution in [1.82, 2.24) is 4.57 Å². The summed E-state index contributed by atoms with van der Waals surface area (Å²) in [6.07, 6.45) is 5.97. The first kappa shape index (κ1) is 16.9. The number of aliphatic imine (C=N–C) groups is 1. The minimum Gasteiger partial charge on any atom is -0.457 e. The van der Waals surface area contributed by atoms with E-state index in [0.29, 0.717) is 0 Å². The number of rotatable bonds is 5. The molecular weight excluding hydrogens is 332 g/mol. The highest BCUT2D eigenvalue weighted by Crippen LogP contribution is 2.26. The topological polar surface area (TPSA) is 26.5 Å². The van der Waals surface area contributed by atoms with Gasteiger partial charge in [-0.3, -0.25) is 4.99 Å². The van der Waals surface area contributed by atoms with Crippen molar-refractivity contribution in [1.29, 1.82) is 0 Å². The van der Waals surface area contributed by atoms with E-state index in [1.54, 1.807) is 0 Å². The summed E-state index contributed by atoms with van der Waals surface area (Å²) in [6.45, 7) is 2.04. The Morgan fingerprint density at radius 2 is 1.56 bits per heavy atom. The Morgan fingerprint density at radius 1 is 0.815 bits per heavy atom. The van der Waals surface area contributed by atoms with Crippen LogP contribution in [-0.2, 0) is 0 Å². The van der Waals surface area contributed by atoms with Crippen LogP contribution in [0.3, 0.4) is 0 Å². The maximum Gasteiger partial charge on any atom is 0.130 e. The van der Waals surface area contributed by atoms with Crippen LogP contribution in [0.15, 0.2) is 102 Å². The van der Waals surface area contributed by atoms with E-state index in [1.165, 1.54) is 0 Å². The van der Waals surface area contributed by atoms with Gasteiger partial charge in [0.25, 0.3) is 0 Å². The monoisotopic (exact) mass is 352 g/mol. The summed E-state index contributed by atoms with van der Waals surface area (Å²) in [7, 11) is 0. The highest BCUT2D eigenvalue weighted by molar-refractivity contribution is 5.81. The minimum absolute atomic E-state index is 0.804. The molecule has 0 radical (unpaired) electrons. The number of aromatic nitrogens is 1. The minimum atomic E-state index is 0.804. The lowest BCUT2D eigenvalue weighted by Crippen LogP contribution is -1.88. The van der Waals surface area contributed by atoms with Gasteiger partial charge in [0.2, 0.25) is 0 Å². The van der Waals surface area contributed by atoms with Crippen molar-refractivity contribution in [3.63, 3.8) is 0 Å². The largest absolute Gasteiger partial charge is 0.457 e. The van der Waals surface area contributed by atoms with Gasteiger partial charge in [0.05, 0.1) is 5.69 Å². The molecule has 0 bridgehead atoms. The third-order valence-electron chi connectivity index (χ3n) is 4.29. The van der Waals surface area contributed by atoms with Crippen molar-refractivity contribution in [2.24, 2.45) is 4.99 Å². The summed E-state index contributed by atoms with van der Waals surface area (Å²) in [5.41, 5.74) is 4.19. The maximum atomic E-state index is 5.92. The molecule has 3 heteroatoms. The number of hydrogen-bond donors (Lipinski definition) is 0. The number of aryl methyl sites for hydroxylation is 1. The van der Waals surface area contributed by atoms with Crippen LogP contribution in [0.5, 0.6) is 11.5 Å². The van der Waals surface area contributed by atoms with Gasteiger partial charge in [-0.1, -0.05) is 36.4 Å². The molecule has 0 amide bonds. The molecule has 0 aliphatic carbocycles. The second kappa shape index (κ2) is 7.75. The average Bonchev–Trinajstić information content (AvgIpc) is 3.19. The lowest BCUT2D eigenvalue weighted by Gasteiger charge is -2.08. The summed E-state index contributed by atoms with van der Waals surface area (Å²) < 4.78 is 8.01. The van der Waals surface area contributed by atoms with E-state index in [2.05, 4.69) is 27.9 Å². The fraction of sp³-hybridized carbons (Fsp3) is 0.0417. The zero-order valence-electron chi connectivity index (χ0n) is 15.1. The van der Waals surface area contributed by atoms with Crippen LogP contribution in [-0.4, -0.2) is 10.8 Å². The molecule has 4 rings (SSSR count). The van der Waals surface area contributed by atoms with E-state index < -0.39 is 0 Å². The third-order valence-corrected chi connectivity index (χ3v) is 4.29. The van der Waals surface area contributed by atoms with E-state index in [1.807, 2.05) is 92.1 Å². The Kier molecular flexibility index (Phi) is 4.84. The van der Waals surface area contributed by atoms with Crippen LogP contribution in [0.1, 0.15) is 11.1 Å². The lowest BCUT2D eigenvalue weighted by molar-refractivity contribution is 0.479. The number of benzene rings is 3. The molecule has 27 heavy (non-hydrogen) atoms. The Balaban J connectivity index is 1.44. The summed E-state index contributed by atoms with van der Waals surface area (Å²) in [4.78, 5) is 4.56. The predicted octanol–water partition coefficient (Wildman–Crippen LogP) is 6.33. The molecule has 0 atom stereocenters. The Bertz CT molecular complexity index is 1050. The van der Waals surface area contributed by atoms with Crippen molar-refractivity contribution in [3.05, 3.63) is 108 Å². The van der Waals surface area contributed by atoms with Gasteiger partial charge >= 0.3 is 0 Å². The van der Waals surface area contributed by atoms with E-state index in [9.17, 15) is 0 Å². The van der Waals surface area contributed by atoms with Gasteiger partial charge in [-0.15, -0.1) is 0 Å². The van der Waals surface area contributed by atoms with E-state index in [4.69, 9.17) is 4.74 Å². The standard InChI is InChI=1S/C24H20N2O/c1-19-7-5-6-10-24(19)27-23-13-11-21(12-14-23)25-17-20-15-16-26(18-20)22-8-3-2-4-9-22/h2-18H,1H3. The Hall–Kier alpha value is -3.59. The van der Waals surface area contributed by atoms with Gasteiger partial charge in [0, 0.05) is 29.9 Å². The van der Waals surface area contributed by atoms with Crippen molar-refractivity contribution in [2.45, 2.75) is 6.92 Å². The molecule has 0 aliphatic rings. The van der Waals surface area contributed by atoms with Gasteiger partial charge in [0.15, 0.2) is 0 Å². The Labute approximate surface area is 159 Å². The molecule has 0 aliphatic heterocycles. The van der Waals surface area contributed by atoms with E-state index >= 15 is 0 Å². The second-order valence-corrected chi connectivity index (χ2v) is 6.31. The van der Waals surface area contributed by atoms with Crippen molar-refractivity contribution in [3.8, 4) is 17.2 Å². The number of nitrogens with zero attached hydrogens (tertiary/aromatic N) is 2. The molecule has 1 aromatic heterocycles. The van der Waals surface area contributed by atoms with Gasteiger partial charge in [-0.05, 0) is 61.0 Å². The number of ether oxygens (including phenoxy) is 1. The SMILES string of the molecule is Cc1ccccc1Oc1ccc(N=Cc2ccn(-c3ccccc3)c2)cc1. The smallest absolute Gasteiger partial charge is 0.130 e. The zero-order chi connectivity index (χ0) is 18.5. The molecule has 0 spiro atoms. The van der Waals surface area contributed by atoms with Gasteiger partial charge in [0.1, 0.15) is 11.5 Å². The molecule has 0 saturated carbocycles. The first-order valence-electron chi connectivity index (χ1n) is 8.89. The van der Waals surface area contributed by atoms with Gasteiger partial charge in [-0.2, -0.15) is 0 Å². The third kappa shape index (κ3) is 4.15. The average molecular weight is 352 g/mol. The summed E-state index contributed by atoms with van der Waals surface area (Å²) in [5.74, 6) is 1.68. The zero-order valence-corrected chi connectivity index (χ0v) is 15.1. The van der Waals surface area contributed by atoms with Crippen LogP contribution < -0.4 is 4.74 Å². The number of hydrogen-bond acceptors (Lipinski definition) is 2. The first-order chi connectivity index (χ1) is 13.3. The number of para-hydroxylation sites is 2. The highest BCUT2D eigenvalue weighted by atomic mass is 16.5. The molecule has 132 valence electrons. The molecule has 3 nitrogen and oxygen atoms in total. The van der Waals surface area contributed by atoms with Gasteiger partial charge in [-0.25, -0.2) is 0 Å². The molecule has 0 N–H and O–H groups in total. The van der Waals surface area contributed by atoms with Crippen molar-refractivity contribution in [2.75, 3.05) is 0 Å². The maximum absolute atomic E-state index is 5.92. The fourth-order valence-electron chi connectivity index (χ4n) is 2.80. The molecular formula is C24H20N2O. The summed E-state index contributed by atoms with van der Waals surface area (Å²) in [5, 5.41) is 0. The molecule has 0 unspecified atom stereocenters. The van der Waals surface area contributed by atoms with Gasteiger partial charge < -0.3 is 9.30 Å². The van der Waals surface area contributed by atoms with Crippen molar-refractivity contribution >= 4 is 11.9 Å². The molecule has 4 aromatic rings. The van der Waals surface area contributed by atoms with E-state index in [-0.39, 0.29) is 0 Å². The second-order valence-electron chi connectivity index (χ2n) is 6.31. The summed E-state index contributed by atoms with van der Waals surface area (Å²) >= 11 is 0. The van der Waals surface area contributed by atoms with E-state index in [0.717, 1.165) is 34.0 Å². The highest BCUT2D eigenvalue weighted by Gasteiger charge is 2.01. The van der Waals surface area contributed by atoms with Crippen LogP contribution >= 0.6 is 0 Å². The summed E-state index contributed by atoms with van der Waals surface area (Å²) in [6, 6.07) is 28.1. The molecule has 1 heterocycles. The van der Waals surface area contributed by atoms with Crippen LogP contribution in [0.2, 0.25) is 0 Å². The Morgan fingerprint density at radius 3 is 2.33 bits per heavy atom. The van der Waals surface area contributed by atoms with Crippen molar-refractivity contribution < 1.29 is 4.74 Å². The lowest BCUT2D eigenvalue weighted by atomic mass is 10.2. The predicted molar refractivity (Wildman–Crippen MR) is 111 cm³/mol. The molecule has 0 saturated heterocycles. The van der Waals surface area contributed by atoms with Crippen LogP contribution in [0.25, 0.3) is 5.69 Å². The fourth-order valence-corrected chi connectivity index (χ4v) is 2.80. The van der Waals surface area contributed by atoms with Crippen LogP contribution in [0, 0.1) is 6.92 Å². The van der Waals surface area contributed by atoms with Crippen LogP contribution in [0.4, 0.5) is 5.69 Å². The molecule has 0 fully saturated rings.